The molecule has 0 aliphatic heterocycles. The van der Waals surface area contributed by atoms with E-state index >= 15 is 0 Å². The van der Waals surface area contributed by atoms with Gasteiger partial charge in [-0.05, 0) is 25.0 Å². The van der Waals surface area contributed by atoms with Crippen LogP contribution in [0.1, 0.15) is 31.2 Å². The van der Waals surface area contributed by atoms with Crippen LogP contribution in [0.2, 0.25) is 0 Å². The number of aryl methyl sites for hydroxylation is 1. The smallest absolute Gasteiger partial charge is 0.250 e. The van der Waals surface area contributed by atoms with Gasteiger partial charge in [0.05, 0.1) is 6.10 Å². The van der Waals surface area contributed by atoms with Crippen molar-refractivity contribution in [3.63, 3.8) is 0 Å². The zero-order valence-electron chi connectivity index (χ0n) is 13.9. The van der Waals surface area contributed by atoms with Gasteiger partial charge in [-0.2, -0.15) is 0 Å². The van der Waals surface area contributed by atoms with Crippen LogP contribution in [-0.4, -0.2) is 28.2 Å². The number of nitrogens with one attached hydrogen (secondary N) is 1. The Morgan fingerprint density at radius 2 is 1.88 bits per heavy atom. The molecule has 0 fully saturated rings. The van der Waals surface area contributed by atoms with Crippen LogP contribution in [0.3, 0.4) is 0 Å². The predicted octanol–water partition coefficient (Wildman–Crippen LogP) is 1.91. The minimum Gasteiger partial charge on any atom is -0.393 e. The lowest BCUT2D eigenvalue weighted by Gasteiger charge is -2.19. The first-order chi connectivity index (χ1) is 11.6. The molecule has 5 nitrogen and oxygen atoms in total. The summed E-state index contributed by atoms with van der Waals surface area (Å²) in [6.07, 6.45) is 2.08. The lowest BCUT2D eigenvalue weighted by atomic mass is 9.93. The number of aromatic nitrogens is 1. The minimum absolute atomic E-state index is 0.0644. The molecule has 2 atom stereocenters. The monoisotopic (exact) mass is 328 g/mol. The zero-order chi connectivity index (χ0) is 17.4. The third-order valence-corrected chi connectivity index (χ3v) is 3.92. The third-order valence-electron chi connectivity index (χ3n) is 3.92. The number of nitrogens with zero attached hydrogens (tertiary/aromatic N) is 1. The first-order valence-electron chi connectivity index (χ1n) is 8.21. The number of carbonyl (C=O) groups is 1. The number of aliphatic hydroxyl groups excluding tert-OH is 1. The Balaban J connectivity index is 1.88. The minimum atomic E-state index is -0.435. The molecule has 0 aliphatic rings. The Bertz CT molecular complexity index is 695. The van der Waals surface area contributed by atoms with Gasteiger partial charge >= 0.3 is 0 Å². The van der Waals surface area contributed by atoms with Crippen LogP contribution < -0.4 is 10.9 Å². The van der Waals surface area contributed by atoms with Crippen molar-refractivity contribution in [3.8, 4) is 0 Å². The Labute approximate surface area is 142 Å². The highest BCUT2D eigenvalue weighted by molar-refractivity contribution is 5.75. The summed E-state index contributed by atoms with van der Waals surface area (Å²) in [5.74, 6) is -0.0353. The van der Waals surface area contributed by atoms with Gasteiger partial charge in [-0.25, -0.2) is 0 Å². The molecular weight excluding hydrogens is 304 g/mol. The maximum Gasteiger partial charge on any atom is 0.250 e. The number of rotatable bonds is 8. The molecule has 2 unspecified atom stereocenters. The van der Waals surface area contributed by atoms with Crippen LogP contribution in [-0.2, 0) is 11.3 Å². The van der Waals surface area contributed by atoms with Gasteiger partial charge in [0.25, 0.3) is 5.56 Å². The highest BCUT2D eigenvalue weighted by atomic mass is 16.3. The van der Waals surface area contributed by atoms with Crippen LogP contribution in [0.25, 0.3) is 0 Å². The number of aliphatic hydroxyl groups is 1. The Morgan fingerprint density at radius 3 is 2.54 bits per heavy atom. The molecule has 0 bridgehead atoms. The van der Waals surface area contributed by atoms with E-state index in [9.17, 15) is 14.7 Å². The van der Waals surface area contributed by atoms with E-state index in [0.29, 0.717) is 19.5 Å². The largest absolute Gasteiger partial charge is 0.393 e. The number of carbonyl (C=O) groups excluding carboxylic acids is 1. The summed E-state index contributed by atoms with van der Waals surface area (Å²) in [6.45, 7) is 2.58. The van der Waals surface area contributed by atoms with Crippen molar-refractivity contribution in [1.82, 2.24) is 9.88 Å². The molecule has 1 amide bonds. The Morgan fingerprint density at radius 1 is 1.17 bits per heavy atom. The summed E-state index contributed by atoms with van der Waals surface area (Å²) in [5.41, 5.74) is 0.986. The first kappa shape index (κ1) is 17.9. The Kier molecular flexibility index (Phi) is 6.75. The van der Waals surface area contributed by atoms with Crippen LogP contribution in [0.15, 0.2) is 59.5 Å². The molecule has 1 heterocycles. The fourth-order valence-corrected chi connectivity index (χ4v) is 2.67. The van der Waals surface area contributed by atoms with Gasteiger partial charge in [0.15, 0.2) is 0 Å². The van der Waals surface area contributed by atoms with Crippen LogP contribution >= 0.6 is 0 Å². The summed E-state index contributed by atoms with van der Waals surface area (Å²) in [4.78, 5) is 23.7. The van der Waals surface area contributed by atoms with Gasteiger partial charge in [0, 0.05) is 37.7 Å². The fourth-order valence-electron chi connectivity index (χ4n) is 2.67. The first-order valence-corrected chi connectivity index (χ1v) is 8.21. The van der Waals surface area contributed by atoms with Gasteiger partial charge < -0.3 is 15.0 Å². The second-order valence-electron chi connectivity index (χ2n) is 5.98. The summed E-state index contributed by atoms with van der Waals surface area (Å²) < 4.78 is 1.52. The lowest BCUT2D eigenvalue weighted by molar-refractivity contribution is -0.121. The summed E-state index contributed by atoms with van der Waals surface area (Å²) in [5, 5.41) is 12.6. The number of benzene rings is 1. The average molecular weight is 328 g/mol. The van der Waals surface area contributed by atoms with E-state index in [4.69, 9.17) is 0 Å². The molecule has 24 heavy (non-hydrogen) atoms. The van der Waals surface area contributed by atoms with E-state index in [2.05, 4.69) is 5.32 Å². The molecule has 0 saturated heterocycles. The van der Waals surface area contributed by atoms with Crippen LogP contribution in [0.4, 0.5) is 0 Å². The second kappa shape index (κ2) is 9.03. The van der Waals surface area contributed by atoms with E-state index < -0.39 is 6.10 Å². The quantitative estimate of drug-likeness (QED) is 0.777. The molecule has 128 valence electrons. The van der Waals surface area contributed by atoms with Crippen molar-refractivity contribution in [3.05, 3.63) is 70.6 Å². The van der Waals surface area contributed by atoms with E-state index in [0.717, 1.165) is 5.56 Å². The lowest BCUT2D eigenvalue weighted by Crippen LogP contribution is -2.31. The van der Waals surface area contributed by atoms with Crippen molar-refractivity contribution in [1.29, 1.82) is 0 Å². The normalized spacial score (nSPS) is 13.2. The zero-order valence-corrected chi connectivity index (χ0v) is 13.9. The molecule has 0 aliphatic carbocycles. The van der Waals surface area contributed by atoms with Crippen molar-refractivity contribution < 1.29 is 9.90 Å². The maximum absolute atomic E-state index is 12.1. The number of pyridine rings is 1. The molecule has 2 rings (SSSR count). The third kappa shape index (κ3) is 5.66. The molecule has 0 radical (unpaired) electrons. The molecule has 0 saturated carbocycles. The molecular formula is C19H24N2O3. The molecule has 1 aromatic heterocycles. The van der Waals surface area contributed by atoms with E-state index in [-0.39, 0.29) is 23.8 Å². The summed E-state index contributed by atoms with van der Waals surface area (Å²) >= 11 is 0. The number of hydrogen-bond acceptors (Lipinski definition) is 3. The average Bonchev–Trinajstić information content (AvgIpc) is 2.58. The standard InChI is InChI=1S/C19H24N2O3/c1-15(22)13-17(16-7-3-2-4-8-16)14-20-18(23)10-12-21-11-6-5-9-19(21)24/h2-9,11,15,17,22H,10,12-14H2,1H3,(H,20,23). The summed E-state index contributed by atoms with van der Waals surface area (Å²) in [7, 11) is 0. The SMILES string of the molecule is CC(O)CC(CNC(=O)CCn1ccccc1=O)c1ccccc1. The van der Waals surface area contributed by atoms with Crippen molar-refractivity contribution in [2.24, 2.45) is 0 Å². The van der Waals surface area contributed by atoms with Gasteiger partial charge in [-0.1, -0.05) is 36.4 Å². The maximum atomic E-state index is 12.1. The highest BCUT2D eigenvalue weighted by Gasteiger charge is 2.15. The summed E-state index contributed by atoms with van der Waals surface area (Å²) in [6, 6.07) is 14.8. The van der Waals surface area contributed by atoms with Gasteiger partial charge in [-0.15, -0.1) is 0 Å². The van der Waals surface area contributed by atoms with E-state index in [1.807, 2.05) is 30.3 Å². The number of amides is 1. The van der Waals surface area contributed by atoms with Crippen molar-refractivity contribution in [2.75, 3.05) is 6.54 Å². The Hall–Kier alpha value is -2.40. The van der Waals surface area contributed by atoms with Gasteiger partial charge in [0.1, 0.15) is 0 Å². The van der Waals surface area contributed by atoms with Gasteiger partial charge in [-0.3, -0.25) is 9.59 Å². The molecule has 0 spiro atoms. The molecule has 2 aromatic rings. The number of hydrogen-bond donors (Lipinski definition) is 2. The molecule has 5 heteroatoms. The second-order valence-corrected chi connectivity index (χ2v) is 5.98. The van der Waals surface area contributed by atoms with Crippen LogP contribution in [0, 0.1) is 0 Å². The van der Waals surface area contributed by atoms with Crippen LogP contribution in [0.5, 0.6) is 0 Å². The van der Waals surface area contributed by atoms with E-state index in [1.54, 1.807) is 25.3 Å². The molecule has 1 aromatic carbocycles. The fraction of sp³-hybridized carbons (Fsp3) is 0.368. The highest BCUT2D eigenvalue weighted by Crippen LogP contribution is 2.20. The van der Waals surface area contributed by atoms with Crippen molar-refractivity contribution in [2.45, 2.75) is 38.3 Å². The predicted molar refractivity (Wildman–Crippen MR) is 93.8 cm³/mol. The van der Waals surface area contributed by atoms with Gasteiger partial charge in [0.2, 0.25) is 5.91 Å². The molecule has 2 N–H and O–H groups in total. The van der Waals surface area contributed by atoms with E-state index in [1.165, 1.54) is 10.6 Å². The van der Waals surface area contributed by atoms with Crippen molar-refractivity contribution >= 4 is 5.91 Å². The topological polar surface area (TPSA) is 71.3 Å².